The Hall–Kier alpha value is -1.62. The first-order valence-electron chi connectivity index (χ1n) is 6.62. The minimum Gasteiger partial charge on any atom is -0.325 e. The molecule has 1 N–H and O–H groups in total. The number of hydrogen-bond donors (Lipinski definition) is 1. The maximum absolute atomic E-state index is 12.8. The molecule has 0 fully saturated rings. The zero-order valence-corrected chi connectivity index (χ0v) is 13.5. The van der Waals surface area contributed by atoms with Crippen LogP contribution in [0.4, 0.5) is 10.1 Å². The lowest BCUT2D eigenvalue weighted by Crippen LogP contribution is -2.29. The van der Waals surface area contributed by atoms with Gasteiger partial charge in [-0.05, 0) is 49.0 Å². The van der Waals surface area contributed by atoms with E-state index in [1.807, 2.05) is 18.0 Å². The van der Waals surface area contributed by atoms with Gasteiger partial charge in [0.2, 0.25) is 5.91 Å². The molecule has 0 heterocycles. The average Bonchev–Trinajstić information content (AvgIpc) is 2.44. The van der Waals surface area contributed by atoms with Crippen LogP contribution in [0.2, 0.25) is 10.0 Å². The summed E-state index contributed by atoms with van der Waals surface area (Å²) in [7, 11) is 1.81. The van der Waals surface area contributed by atoms with Gasteiger partial charge in [0.05, 0.1) is 6.54 Å². The minimum atomic E-state index is -0.340. The van der Waals surface area contributed by atoms with E-state index in [4.69, 9.17) is 23.2 Å². The number of amides is 1. The van der Waals surface area contributed by atoms with Crippen LogP contribution in [0.1, 0.15) is 5.56 Å². The Kier molecular flexibility index (Phi) is 5.77. The summed E-state index contributed by atoms with van der Waals surface area (Å²) in [5.74, 6) is -0.522. The standard InChI is InChI=1S/C16H15Cl2FN2O/c1-21(9-11-2-3-12(17)8-15(11)18)10-16(22)20-14-6-4-13(19)5-7-14/h2-8H,9-10H2,1H3,(H,20,22). The van der Waals surface area contributed by atoms with Crippen molar-refractivity contribution in [3.63, 3.8) is 0 Å². The number of nitrogens with one attached hydrogen (secondary N) is 1. The number of nitrogens with zero attached hydrogens (tertiary/aromatic N) is 1. The van der Waals surface area contributed by atoms with E-state index in [1.54, 1.807) is 12.1 Å². The third kappa shape index (κ3) is 4.98. The average molecular weight is 341 g/mol. The van der Waals surface area contributed by atoms with E-state index in [0.717, 1.165) is 5.56 Å². The molecule has 0 unspecified atom stereocenters. The molecule has 0 aliphatic heterocycles. The molecule has 2 aromatic rings. The van der Waals surface area contributed by atoms with E-state index in [-0.39, 0.29) is 18.3 Å². The predicted molar refractivity (Wildman–Crippen MR) is 87.8 cm³/mol. The molecule has 0 aromatic heterocycles. The van der Waals surface area contributed by atoms with Gasteiger partial charge in [-0.1, -0.05) is 29.3 Å². The molecule has 0 radical (unpaired) electrons. The van der Waals surface area contributed by atoms with Crippen LogP contribution in [0.25, 0.3) is 0 Å². The molecule has 0 bridgehead atoms. The van der Waals surface area contributed by atoms with E-state index >= 15 is 0 Å². The van der Waals surface area contributed by atoms with Crippen molar-refractivity contribution < 1.29 is 9.18 Å². The van der Waals surface area contributed by atoms with Crippen LogP contribution >= 0.6 is 23.2 Å². The van der Waals surface area contributed by atoms with Gasteiger partial charge in [0.25, 0.3) is 0 Å². The quantitative estimate of drug-likeness (QED) is 0.884. The summed E-state index contributed by atoms with van der Waals surface area (Å²) in [6.45, 7) is 0.711. The monoisotopic (exact) mass is 340 g/mol. The summed E-state index contributed by atoms with van der Waals surface area (Å²) in [6, 6.07) is 10.9. The van der Waals surface area contributed by atoms with Crippen LogP contribution in [0.15, 0.2) is 42.5 Å². The van der Waals surface area contributed by atoms with Crippen molar-refractivity contribution in [1.29, 1.82) is 0 Å². The number of likely N-dealkylation sites (N-methyl/N-ethyl adjacent to an activating group) is 1. The number of carbonyl (C=O) groups excluding carboxylic acids is 1. The predicted octanol–water partition coefficient (Wildman–Crippen LogP) is 4.20. The van der Waals surface area contributed by atoms with Gasteiger partial charge in [-0.25, -0.2) is 4.39 Å². The molecule has 22 heavy (non-hydrogen) atoms. The molecule has 2 rings (SSSR count). The van der Waals surface area contributed by atoms with Gasteiger partial charge in [0.1, 0.15) is 5.82 Å². The minimum absolute atomic E-state index is 0.181. The molecule has 0 spiro atoms. The van der Waals surface area contributed by atoms with Crippen molar-refractivity contribution in [2.75, 3.05) is 18.9 Å². The molecule has 2 aromatic carbocycles. The summed E-state index contributed by atoms with van der Waals surface area (Å²) < 4.78 is 12.8. The zero-order chi connectivity index (χ0) is 16.1. The Bertz CT molecular complexity index is 662. The number of hydrogen-bond acceptors (Lipinski definition) is 2. The number of benzene rings is 2. The Balaban J connectivity index is 1.89. The van der Waals surface area contributed by atoms with Crippen LogP contribution in [-0.2, 0) is 11.3 Å². The topological polar surface area (TPSA) is 32.3 Å². The van der Waals surface area contributed by atoms with Crippen LogP contribution in [0.5, 0.6) is 0 Å². The molecule has 0 saturated carbocycles. The molecule has 0 saturated heterocycles. The maximum atomic E-state index is 12.8. The fourth-order valence-corrected chi connectivity index (χ4v) is 2.44. The van der Waals surface area contributed by atoms with Crippen molar-refractivity contribution in [1.82, 2.24) is 4.90 Å². The number of carbonyl (C=O) groups is 1. The second-order valence-corrected chi connectivity index (χ2v) is 5.81. The molecule has 0 atom stereocenters. The second kappa shape index (κ2) is 7.58. The molecule has 0 aliphatic carbocycles. The summed E-state index contributed by atoms with van der Waals surface area (Å²) in [6.07, 6.45) is 0. The summed E-state index contributed by atoms with van der Waals surface area (Å²) in [5.41, 5.74) is 1.45. The van der Waals surface area contributed by atoms with Gasteiger partial charge >= 0.3 is 0 Å². The zero-order valence-electron chi connectivity index (χ0n) is 11.9. The van der Waals surface area contributed by atoms with E-state index in [0.29, 0.717) is 22.3 Å². The van der Waals surface area contributed by atoms with E-state index in [2.05, 4.69) is 5.32 Å². The lowest BCUT2D eigenvalue weighted by atomic mass is 10.2. The molecule has 0 aliphatic rings. The molecule has 3 nitrogen and oxygen atoms in total. The highest BCUT2D eigenvalue weighted by molar-refractivity contribution is 6.35. The summed E-state index contributed by atoms with van der Waals surface area (Å²) >= 11 is 12.0. The van der Waals surface area contributed by atoms with Gasteiger partial charge in [-0.2, -0.15) is 0 Å². The molecule has 1 amide bonds. The van der Waals surface area contributed by atoms with Gasteiger partial charge < -0.3 is 5.32 Å². The van der Waals surface area contributed by atoms with Gasteiger partial charge in [-0.3, -0.25) is 9.69 Å². The lowest BCUT2D eigenvalue weighted by Gasteiger charge is -2.17. The van der Waals surface area contributed by atoms with Crippen LogP contribution < -0.4 is 5.32 Å². The van der Waals surface area contributed by atoms with Gasteiger partial charge in [0.15, 0.2) is 0 Å². The highest BCUT2D eigenvalue weighted by Crippen LogP contribution is 2.21. The van der Waals surface area contributed by atoms with Gasteiger partial charge in [0, 0.05) is 22.3 Å². The van der Waals surface area contributed by atoms with Crippen molar-refractivity contribution in [2.24, 2.45) is 0 Å². The van der Waals surface area contributed by atoms with Crippen molar-refractivity contribution >= 4 is 34.8 Å². The molecule has 116 valence electrons. The third-order valence-corrected chi connectivity index (χ3v) is 3.58. The number of rotatable bonds is 5. The smallest absolute Gasteiger partial charge is 0.238 e. The Morgan fingerprint density at radius 1 is 1.18 bits per heavy atom. The van der Waals surface area contributed by atoms with E-state index < -0.39 is 0 Å². The van der Waals surface area contributed by atoms with Crippen LogP contribution in [0.3, 0.4) is 0 Å². The molecule has 6 heteroatoms. The van der Waals surface area contributed by atoms with Crippen LogP contribution in [0, 0.1) is 5.82 Å². The van der Waals surface area contributed by atoms with Gasteiger partial charge in [-0.15, -0.1) is 0 Å². The van der Waals surface area contributed by atoms with Crippen molar-refractivity contribution in [3.8, 4) is 0 Å². The molecular formula is C16H15Cl2FN2O. The maximum Gasteiger partial charge on any atom is 0.238 e. The Morgan fingerprint density at radius 3 is 2.50 bits per heavy atom. The summed E-state index contributed by atoms with van der Waals surface area (Å²) in [5, 5.41) is 3.85. The first-order chi connectivity index (χ1) is 10.4. The Labute approximate surface area is 138 Å². The first kappa shape index (κ1) is 16.7. The van der Waals surface area contributed by atoms with E-state index in [1.165, 1.54) is 24.3 Å². The third-order valence-electron chi connectivity index (χ3n) is 3.00. The Morgan fingerprint density at radius 2 is 1.86 bits per heavy atom. The fraction of sp³-hybridized carbons (Fsp3) is 0.188. The number of halogens is 3. The van der Waals surface area contributed by atoms with Crippen LogP contribution in [-0.4, -0.2) is 24.4 Å². The highest BCUT2D eigenvalue weighted by atomic mass is 35.5. The fourth-order valence-electron chi connectivity index (χ4n) is 1.98. The van der Waals surface area contributed by atoms with Crippen molar-refractivity contribution in [3.05, 3.63) is 63.9 Å². The SMILES string of the molecule is CN(CC(=O)Nc1ccc(F)cc1)Cc1ccc(Cl)cc1Cl. The summed E-state index contributed by atoms with van der Waals surface area (Å²) in [4.78, 5) is 13.8. The normalized spacial score (nSPS) is 10.8. The number of anilines is 1. The second-order valence-electron chi connectivity index (χ2n) is 4.96. The first-order valence-corrected chi connectivity index (χ1v) is 7.37. The van der Waals surface area contributed by atoms with E-state index in [9.17, 15) is 9.18 Å². The largest absolute Gasteiger partial charge is 0.325 e. The van der Waals surface area contributed by atoms with Crippen molar-refractivity contribution in [2.45, 2.75) is 6.54 Å². The highest BCUT2D eigenvalue weighted by Gasteiger charge is 2.10. The molecular weight excluding hydrogens is 326 g/mol. The lowest BCUT2D eigenvalue weighted by molar-refractivity contribution is -0.117.